The van der Waals surface area contributed by atoms with Gasteiger partial charge in [0.05, 0.1) is 5.56 Å². The van der Waals surface area contributed by atoms with Crippen LogP contribution in [0.1, 0.15) is 31.7 Å². The maximum atomic E-state index is 8.77. The minimum Gasteiger partial charge on any atom is -0.355 e. The van der Waals surface area contributed by atoms with Gasteiger partial charge in [-0.2, -0.15) is 5.26 Å². The Morgan fingerprint density at radius 3 is 2.94 bits per heavy atom. The summed E-state index contributed by atoms with van der Waals surface area (Å²) >= 11 is 0. The number of hydrogen-bond donors (Lipinski definition) is 1. The van der Waals surface area contributed by atoms with E-state index in [2.05, 4.69) is 28.2 Å². The van der Waals surface area contributed by atoms with Crippen molar-refractivity contribution >= 4 is 5.82 Å². The Balaban J connectivity index is 2.00. The van der Waals surface area contributed by atoms with E-state index in [1.807, 2.05) is 12.1 Å². The Morgan fingerprint density at radius 1 is 1.50 bits per heavy atom. The van der Waals surface area contributed by atoms with Crippen molar-refractivity contribution in [2.24, 2.45) is 0 Å². The van der Waals surface area contributed by atoms with Gasteiger partial charge in [-0.15, -0.1) is 0 Å². The zero-order valence-corrected chi connectivity index (χ0v) is 10.9. The van der Waals surface area contributed by atoms with Crippen molar-refractivity contribution in [3.05, 3.63) is 23.9 Å². The number of anilines is 1. The van der Waals surface area contributed by atoms with Crippen molar-refractivity contribution in [3.8, 4) is 6.07 Å². The fourth-order valence-corrected chi connectivity index (χ4v) is 2.37. The topological polar surface area (TPSA) is 52.0 Å². The average Bonchev–Trinajstić information content (AvgIpc) is 2.46. The van der Waals surface area contributed by atoms with Gasteiger partial charge in [0.2, 0.25) is 0 Å². The van der Waals surface area contributed by atoms with Crippen LogP contribution >= 0.6 is 0 Å². The normalized spacial score (nSPS) is 19.2. The summed E-state index contributed by atoms with van der Waals surface area (Å²) in [6.45, 7) is 5.21. The lowest BCUT2D eigenvalue weighted by Gasteiger charge is -2.30. The molecule has 0 amide bonds. The SMILES string of the molecule is CCN(CC1CCCCN1)c1ccc(C#N)cn1. The van der Waals surface area contributed by atoms with Crippen LogP contribution in [0.3, 0.4) is 0 Å². The summed E-state index contributed by atoms with van der Waals surface area (Å²) in [4.78, 5) is 6.63. The van der Waals surface area contributed by atoms with Crippen LogP contribution in [0.4, 0.5) is 5.82 Å². The van der Waals surface area contributed by atoms with E-state index in [1.54, 1.807) is 6.20 Å². The van der Waals surface area contributed by atoms with E-state index < -0.39 is 0 Å². The smallest absolute Gasteiger partial charge is 0.128 e. The summed E-state index contributed by atoms with van der Waals surface area (Å²) in [6, 6.07) is 6.43. The van der Waals surface area contributed by atoms with Gasteiger partial charge in [-0.3, -0.25) is 0 Å². The summed E-state index contributed by atoms with van der Waals surface area (Å²) < 4.78 is 0. The Hall–Kier alpha value is -1.60. The molecule has 1 N–H and O–H groups in total. The minimum absolute atomic E-state index is 0.566. The lowest BCUT2D eigenvalue weighted by Crippen LogP contribution is -2.44. The van der Waals surface area contributed by atoms with Gasteiger partial charge in [0, 0.05) is 25.3 Å². The molecule has 0 aliphatic carbocycles. The molecule has 18 heavy (non-hydrogen) atoms. The van der Waals surface area contributed by atoms with Crippen molar-refractivity contribution in [2.45, 2.75) is 32.2 Å². The quantitative estimate of drug-likeness (QED) is 0.879. The molecule has 0 radical (unpaired) electrons. The van der Waals surface area contributed by atoms with E-state index in [0.29, 0.717) is 11.6 Å². The number of nitriles is 1. The van der Waals surface area contributed by atoms with Crippen LogP contribution in [0.5, 0.6) is 0 Å². The second-order valence-corrected chi connectivity index (χ2v) is 4.70. The average molecular weight is 244 g/mol. The molecule has 1 saturated heterocycles. The first-order valence-electron chi connectivity index (χ1n) is 6.68. The third-order valence-corrected chi connectivity index (χ3v) is 3.44. The van der Waals surface area contributed by atoms with E-state index in [4.69, 9.17) is 5.26 Å². The van der Waals surface area contributed by atoms with Crippen molar-refractivity contribution in [1.82, 2.24) is 10.3 Å². The largest absolute Gasteiger partial charge is 0.355 e. The predicted molar refractivity (Wildman–Crippen MR) is 72.5 cm³/mol. The predicted octanol–water partition coefficient (Wildman–Crippen LogP) is 1.92. The monoisotopic (exact) mass is 244 g/mol. The number of nitrogens with zero attached hydrogens (tertiary/aromatic N) is 3. The highest BCUT2D eigenvalue weighted by Gasteiger charge is 2.16. The van der Waals surface area contributed by atoms with Gasteiger partial charge in [-0.1, -0.05) is 6.42 Å². The van der Waals surface area contributed by atoms with Crippen molar-refractivity contribution < 1.29 is 0 Å². The number of likely N-dealkylation sites (N-methyl/N-ethyl adjacent to an activating group) is 1. The summed E-state index contributed by atoms with van der Waals surface area (Å²) in [5.41, 5.74) is 0.616. The molecule has 2 rings (SSSR count). The molecule has 0 spiro atoms. The third-order valence-electron chi connectivity index (χ3n) is 3.44. The van der Waals surface area contributed by atoms with Crippen LogP contribution in [0.2, 0.25) is 0 Å². The lowest BCUT2D eigenvalue weighted by molar-refractivity contribution is 0.399. The molecule has 96 valence electrons. The molecule has 4 nitrogen and oxygen atoms in total. The molecule has 4 heteroatoms. The molecule has 1 fully saturated rings. The van der Waals surface area contributed by atoms with Crippen LogP contribution in [0, 0.1) is 11.3 Å². The van der Waals surface area contributed by atoms with E-state index in [-0.39, 0.29) is 0 Å². The van der Waals surface area contributed by atoms with Crippen LogP contribution in [-0.2, 0) is 0 Å². The summed E-state index contributed by atoms with van der Waals surface area (Å²) in [6.07, 6.45) is 5.49. The van der Waals surface area contributed by atoms with Crippen LogP contribution in [0.15, 0.2) is 18.3 Å². The zero-order valence-electron chi connectivity index (χ0n) is 10.9. The second-order valence-electron chi connectivity index (χ2n) is 4.70. The number of nitrogens with one attached hydrogen (secondary N) is 1. The van der Waals surface area contributed by atoms with Gasteiger partial charge in [0.25, 0.3) is 0 Å². The number of aromatic nitrogens is 1. The molecule has 0 saturated carbocycles. The van der Waals surface area contributed by atoms with E-state index in [9.17, 15) is 0 Å². The molecule has 0 aromatic carbocycles. The summed E-state index contributed by atoms with van der Waals surface area (Å²) in [5, 5.41) is 12.3. The van der Waals surface area contributed by atoms with E-state index >= 15 is 0 Å². The molecule has 0 bridgehead atoms. The first-order chi connectivity index (χ1) is 8.83. The Kier molecular flexibility index (Phi) is 4.54. The van der Waals surface area contributed by atoms with Gasteiger partial charge < -0.3 is 10.2 Å². The van der Waals surface area contributed by atoms with Crippen LogP contribution in [-0.4, -0.2) is 30.7 Å². The molecular formula is C14H20N4. The lowest BCUT2D eigenvalue weighted by atomic mass is 10.0. The first kappa shape index (κ1) is 12.8. The molecular weight excluding hydrogens is 224 g/mol. The highest BCUT2D eigenvalue weighted by Crippen LogP contribution is 2.14. The number of pyridine rings is 1. The maximum absolute atomic E-state index is 8.77. The highest BCUT2D eigenvalue weighted by molar-refractivity contribution is 5.41. The van der Waals surface area contributed by atoms with E-state index in [0.717, 1.165) is 25.5 Å². The number of rotatable bonds is 4. The second kappa shape index (κ2) is 6.36. The zero-order chi connectivity index (χ0) is 12.8. The summed E-state index contributed by atoms with van der Waals surface area (Å²) in [5.74, 6) is 0.962. The Labute approximate surface area is 109 Å². The van der Waals surface area contributed by atoms with Crippen molar-refractivity contribution in [1.29, 1.82) is 5.26 Å². The van der Waals surface area contributed by atoms with Crippen LogP contribution in [0.25, 0.3) is 0 Å². The molecule has 2 heterocycles. The number of piperidine rings is 1. The van der Waals surface area contributed by atoms with Crippen molar-refractivity contribution in [2.75, 3.05) is 24.5 Å². The summed E-state index contributed by atoms with van der Waals surface area (Å²) in [7, 11) is 0. The van der Waals surface area contributed by atoms with Gasteiger partial charge in [0.1, 0.15) is 11.9 Å². The van der Waals surface area contributed by atoms with Gasteiger partial charge >= 0.3 is 0 Å². The standard InChI is InChI=1S/C14H20N4/c1-2-18(11-13-5-3-4-8-16-13)14-7-6-12(9-15)10-17-14/h6-7,10,13,16H,2-5,8,11H2,1H3. The Morgan fingerprint density at radius 2 is 2.39 bits per heavy atom. The maximum Gasteiger partial charge on any atom is 0.128 e. The van der Waals surface area contributed by atoms with Crippen molar-refractivity contribution in [3.63, 3.8) is 0 Å². The minimum atomic E-state index is 0.566. The van der Waals surface area contributed by atoms with E-state index in [1.165, 1.54) is 19.3 Å². The first-order valence-corrected chi connectivity index (χ1v) is 6.68. The fraction of sp³-hybridized carbons (Fsp3) is 0.571. The molecule has 1 aliphatic rings. The van der Waals surface area contributed by atoms with Crippen LogP contribution < -0.4 is 10.2 Å². The Bertz CT molecular complexity index is 401. The number of hydrogen-bond acceptors (Lipinski definition) is 4. The molecule has 1 aliphatic heterocycles. The molecule has 1 atom stereocenters. The molecule has 1 aromatic heterocycles. The fourth-order valence-electron chi connectivity index (χ4n) is 2.37. The molecule has 1 unspecified atom stereocenters. The third kappa shape index (κ3) is 3.21. The van der Waals surface area contributed by atoms with Gasteiger partial charge in [-0.05, 0) is 38.4 Å². The molecule has 1 aromatic rings. The van der Waals surface area contributed by atoms with Gasteiger partial charge in [-0.25, -0.2) is 4.98 Å². The highest BCUT2D eigenvalue weighted by atomic mass is 15.2. The van der Waals surface area contributed by atoms with Gasteiger partial charge in [0.15, 0.2) is 0 Å².